The van der Waals surface area contributed by atoms with E-state index in [1.807, 2.05) is 6.07 Å². The summed E-state index contributed by atoms with van der Waals surface area (Å²) < 4.78 is 5.42. The standard InChI is InChI=1S/C16H24O2/c1-2-10-18-11-9-16(17)15-8-4-7-14(12-15)13-5-3-6-13/h4,7-8,12-13,16-17H,2-3,5-6,9-11H2,1H3. The minimum Gasteiger partial charge on any atom is -0.388 e. The number of benzene rings is 1. The van der Waals surface area contributed by atoms with Crippen LogP contribution in [0.1, 0.15) is 62.2 Å². The minimum absolute atomic E-state index is 0.387. The molecule has 0 aliphatic heterocycles. The fraction of sp³-hybridized carbons (Fsp3) is 0.625. The normalized spacial score (nSPS) is 17.4. The Morgan fingerprint density at radius 2 is 2.17 bits per heavy atom. The van der Waals surface area contributed by atoms with Crippen LogP contribution in [0.25, 0.3) is 0 Å². The van der Waals surface area contributed by atoms with E-state index in [1.54, 1.807) is 0 Å². The van der Waals surface area contributed by atoms with E-state index < -0.39 is 0 Å². The number of ether oxygens (including phenoxy) is 1. The highest BCUT2D eigenvalue weighted by Gasteiger charge is 2.20. The summed E-state index contributed by atoms with van der Waals surface area (Å²) in [6, 6.07) is 8.45. The molecule has 1 unspecified atom stereocenters. The molecule has 2 nitrogen and oxygen atoms in total. The quantitative estimate of drug-likeness (QED) is 0.744. The molecule has 1 atom stereocenters. The summed E-state index contributed by atoms with van der Waals surface area (Å²) in [4.78, 5) is 0. The molecule has 0 spiro atoms. The third kappa shape index (κ3) is 3.56. The molecule has 1 aromatic carbocycles. The van der Waals surface area contributed by atoms with Gasteiger partial charge < -0.3 is 9.84 Å². The monoisotopic (exact) mass is 248 g/mol. The number of rotatable bonds is 7. The Kier molecular flexibility index (Phi) is 5.21. The summed E-state index contributed by atoms with van der Waals surface area (Å²) in [6.07, 6.45) is 5.30. The van der Waals surface area contributed by atoms with Crippen LogP contribution < -0.4 is 0 Å². The van der Waals surface area contributed by atoms with Crippen molar-refractivity contribution in [1.29, 1.82) is 0 Å². The summed E-state index contributed by atoms with van der Waals surface area (Å²) in [5.74, 6) is 0.730. The number of hydrogen-bond donors (Lipinski definition) is 1. The van der Waals surface area contributed by atoms with E-state index in [0.717, 1.165) is 24.5 Å². The minimum atomic E-state index is -0.387. The van der Waals surface area contributed by atoms with E-state index in [2.05, 4.69) is 25.1 Å². The molecule has 0 aromatic heterocycles. The second-order valence-corrected chi connectivity index (χ2v) is 5.21. The van der Waals surface area contributed by atoms with Crippen LogP contribution >= 0.6 is 0 Å². The molecule has 1 saturated carbocycles. The Balaban J connectivity index is 1.86. The van der Waals surface area contributed by atoms with Crippen molar-refractivity contribution in [3.63, 3.8) is 0 Å². The first-order chi connectivity index (χ1) is 8.81. The molecule has 0 saturated heterocycles. The van der Waals surface area contributed by atoms with Gasteiger partial charge in [0.25, 0.3) is 0 Å². The van der Waals surface area contributed by atoms with E-state index in [0.29, 0.717) is 13.0 Å². The van der Waals surface area contributed by atoms with Crippen LogP contribution in [0, 0.1) is 0 Å². The zero-order valence-electron chi connectivity index (χ0n) is 11.3. The van der Waals surface area contributed by atoms with Crippen LogP contribution in [0.15, 0.2) is 24.3 Å². The van der Waals surface area contributed by atoms with Crippen LogP contribution in [0.2, 0.25) is 0 Å². The van der Waals surface area contributed by atoms with Crippen LogP contribution in [-0.4, -0.2) is 18.3 Å². The summed E-state index contributed by atoms with van der Waals surface area (Å²) in [6.45, 7) is 3.52. The molecule has 100 valence electrons. The topological polar surface area (TPSA) is 29.5 Å². The van der Waals surface area contributed by atoms with Gasteiger partial charge in [0.1, 0.15) is 0 Å². The van der Waals surface area contributed by atoms with Gasteiger partial charge in [-0.05, 0) is 36.3 Å². The van der Waals surface area contributed by atoms with Gasteiger partial charge in [-0.2, -0.15) is 0 Å². The van der Waals surface area contributed by atoms with Crippen molar-refractivity contribution in [1.82, 2.24) is 0 Å². The van der Waals surface area contributed by atoms with Crippen molar-refractivity contribution >= 4 is 0 Å². The van der Waals surface area contributed by atoms with E-state index in [4.69, 9.17) is 4.74 Å². The van der Waals surface area contributed by atoms with Gasteiger partial charge >= 0.3 is 0 Å². The van der Waals surface area contributed by atoms with E-state index >= 15 is 0 Å². The lowest BCUT2D eigenvalue weighted by molar-refractivity contribution is 0.0821. The molecular weight excluding hydrogens is 224 g/mol. The van der Waals surface area contributed by atoms with Crippen LogP contribution in [0.3, 0.4) is 0 Å². The Hall–Kier alpha value is -0.860. The molecule has 0 bridgehead atoms. The highest BCUT2D eigenvalue weighted by atomic mass is 16.5. The Bertz CT molecular complexity index is 358. The molecule has 18 heavy (non-hydrogen) atoms. The predicted octanol–water partition coefficient (Wildman–Crippen LogP) is 3.80. The maximum atomic E-state index is 10.1. The third-order valence-electron chi connectivity index (χ3n) is 3.76. The summed E-state index contributed by atoms with van der Waals surface area (Å²) >= 11 is 0. The fourth-order valence-corrected chi connectivity index (χ4v) is 2.37. The molecule has 1 aliphatic rings. The van der Waals surface area contributed by atoms with Crippen LogP contribution in [0.5, 0.6) is 0 Å². The molecule has 2 heteroatoms. The van der Waals surface area contributed by atoms with Crippen molar-refractivity contribution in [3.8, 4) is 0 Å². The number of aliphatic hydroxyl groups excluding tert-OH is 1. The van der Waals surface area contributed by atoms with Crippen LogP contribution in [0.4, 0.5) is 0 Å². The highest BCUT2D eigenvalue weighted by Crippen LogP contribution is 2.37. The van der Waals surface area contributed by atoms with Crippen molar-refractivity contribution in [2.45, 2.75) is 51.0 Å². The van der Waals surface area contributed by atoms with Crippen molar-refractivity contribution in [2.24, 2.45) is 0 Å². The lowest BCUT2D eigenvalue weighted by atomic mass is 9.79. The van der Waals surface area contributed by atoms with Gasteiger partial charge in [0, 0.05) is 19.6 Å². The second-order valence-electron chi connectivity index (χ2n) is 5.21. The second kappa shape index (κ2) is 6.91. The zero-order valence-corrected chi connectivity index (χ0v) is 11.3. The van der Waals surface area contributed by atoms with Gasteiger partial charge in [-0.3, -0.25) is 0 Å². The van der Waals surface area contributed by atoms with Crippen molar-refractivity contribution < 1.29 is 9.84 Å². The Morgan fingerprint density at radius 3 is 2.83 bits per heavy atom. The first-order valence-electron chi connectivity index (χ1n) is 7.17. The third-order valence-corrected chi connectivity index (χ3v) is 3.76. The Labute approximate surface area is 110 Å². The molecule has 2 rings (SSSR count). The van der Waals surface area contributed by atoms with Gasteiger partial charge in [0.15, 0.2) is 0 Å². The van der Waals surface area contributed by atoms with E-state index in [-0.39, 0.29) is 6.10 Å². The van der Waals surface area contributed by atoms with E-state index in [1.165, 1.54) is 24.8 Å². The molecule has 0 amide bonds. The van der Waals surface area contributed by atoms with Gasteiger partial charge in [0.2, 0.25) is 0 Å². The van der Waals surface area contributed by atoms with Gasteiger partial charge in [0.05, 0.1) is 6.10 Å². The smallest absolute Gasteiger partial charge is 0.0812 e. The zero-order chi connectivity index (χ0) is 12.8. The van der Waals surface area contributed by atoms with Gasteiger partial charge in [-0.1, -0.05) is 37.6 Å². The maximum Gasteiger partial charge on any atom is 0.0812 e. The molecule has 1 aromatic rings. The molecule has 0 radical (unpaired) electrons. The summed E-state index contributed by atoms with van der Waals surface area (Å²) in [5.41, 5.74) is 2.44. The first kappa shape index (κ1) is 13.6. The maximum absolute atomic E-state index is 10.1. The molecule has 1 fully saturated rings. The molecule has 1 N–H and O–H groups in total. The lowest BCUT2D eigenvalue weighted by Gasteiger charge is -2.26. The Morgan fingerprint density at radius 1 is 1.33 bits per heavy atom. The SMILES string of the molecule is CCCOCCC(O)c1cccc(C2CCC2)c1. The molecule has 1 aliphatic carbocycles. The first-order valence-corrected chi connectivity index (χ1v) is 7.17. The average molecular weight is 248 g/mol. The van der Waals surface area contributed by atoms with Gasteiger partial charge in [-0.25, -0.2) is 0 Å². The van der Waals surface area contributed by atoms with E-state index in [9.17, 15) is 5.11 Å². The number of aliphatic hydroxyl groups is 1. The van der Waals surface area contributed by atoms with Crippen molar-refractivity contribution in [2.75, 3.05) is 13.2 Å². The summed E-state index contributed by atoms with van der Waals surface area (Å²) in [7, 11) is 0. The van der Waals surface area contributed by atoms with Gasteiger partial charge in [-0.15, -0.1) is 0 Å². The molecule has 0 heterocycles. The highest BCUT2D eigenvalue weighted by molar-refractivity contribution is 5.28. The number of hydrogen-bond acceptors (Lipinski definition) is 2. The van der Waals surface area contributed by atoms with Crippen LogP contribution in [-0.2, 0) is 4.74 Å². The summed E-state index contributed by atoms with van der Waals surface area (Å²) in [5, 5.41) is 10.1. The average Bonchev–Trinajstić information content (AvgIpc) is 2.33. The predicted molar refractivity (Wildman–Crippen MR) is 73.7 cm³/mol. The largest absolute Gasteiger partial charge is 0.388 e. The lowest BCUT2D eigenvalue weighted by Crippen LogP contribution is -2.10. The fourth-order valence-electron chi connectivity index (χ4n) is 2.37. The van der Waals surface area contributed by atoms with Crippen molar-refractivity contribution in [3.05, 3.63) is 35.4 Å². The molecular formula is C16H24O2.